The minimum atomic E-state index is -0.651. The van der Waals surface area contributed by atoms with Gasteiger partial charge in [-0.25, -0.2) is 15.8 Å². The highest BCUT2D eigenvalue weighted by molar-refractivity contribution is 7.99. The van der Waals surface area contributed by atoms with Crippen LogP contribution in [0.1, 0.15) is 26.2 Å². The van der Waals surface area contributed by atoms with Crippen LogP contribution < -0.4 is 22.3 Å². The van der Waals surface area contributed by atoms with E-state index in [0.29, 0.717) is 23.8 Å². The van der Waals surface area contributed by atoms with Gasteiger partial charge >= 0.3 is 0 Å². The van der Waals surface area contributed by atoms with Gasteiger partial charge < -0.3 is 26.4 Å². The van der Waals surface area contributed by atoms with Gasteiger partial charge in [-0.15, -0.1) is 0 Å². The highest BCUT2D eigenvalue weighted by atomic mass is 32.2. The third-order valence-electron chi connectivity index (χ3n) is 3.88. The van der Waals surface area contributed by atoms with Crippen molar-refractivity contribution < 1.29 is 14.9 Å². The van der Waals surface area contributed by atoms with E-state index < -0.39 is 6.10 Å². The summed E-state index contributed by atoms with van der Waals surface area (Å²) in [7, 11) is 0. The summed E-state index contributed by atoms with van der Waals surface area (Å²) in [6.45, 7) is 2.16. The molecule has 24 heavy (non-hydrogen) atoms. The molecule has 0 bridgehead atoms. The second-order valence-corrected chi connectivity index (χ2v) is 6.77. The third kappa shape index (κ3) is 4.39. The fourth-order valence-corrected chi connectivity index (χ4v) is 3.34. The van der Waals surface area contributed by atoms with Crippen molar-refractivity contribution in [3.63, 3.8) is 0 Å². The maximum absolute atomic E-state index is 10.1. The maximum atomic E-state index is 10.1. The van der Waals surface area contributed by atoms with Gasteiger partial charge in [-0.05, 0) is 19.3 Å². The van der Waals surface area contributed by atoms with Crippen LogP contribution in [0.4, 0.5) is 17.3 Å². The first-order valence-electron chi connectivity index (χ1n) is 7.98. The number of aliphatic hydroxyl groups excluding tert-OH is 2. The Hall–Kier alpha value is -1.33. The van der Waals surface area contributed by atoms with Gasteiger partial charge in [-0.3, -0.25) is 5.01 Å². The van der Waals surface area contributed by atoms with Crippen LogP contribution in [-0.2, 0) is 4.74 Å². The number of rotatable bonds is 8. The van der Waals surface area contributed by atoms with Crippen molar-refractivity contribution in [3.05, 3.63) is 0 Å². The number of nitrogens with two attached hydrogens (primary N) is 3. The van der Waals surface area contributed by atoms with Crippen molar-refractivity contribution in [3.8, 4) is 0 Å². The summed E-state index contributed by atoms with van der Waals surface area (Å²) in [6, 6.07) is -0.190. The monoisotopic (exact) mass is 358 g/mol. The molecule has 0 aromatic carbocycles. The minimum absolute atomic E-state index is 0.0897. The lowest BCUT2D eigenvalue weighted by Crippen LogP contribution is -2.41. The van der Waals surface area contributed by atoms with Gasteiger partial charge in [0.25, 0.3) is 0 Å². The molecule has 1 aromatic heterocycles. The zero-order valence-corrected chi connectivity index (χ0v) is 14.6. The number of ether oxygens (including phenoxy) is 1. The predicted octanol–water partition coefficient (Wildman–Crippen LogP) is -0.276. The zero-order valence-electron chi connectivity index (χ0n) is 13.8. The summed E-state index contributed by atoms with van der Waals surface area (Å²) in [5.41, 5.74) is 12.1. The molecule has 0 radical (unpaired) electrons. The van der Waals surface area contributed by atoms with Crippen molar-refractivity contribution in [1.29, 1.82) is 0 Å². The molecule has 0 spiro atoms. The zero-order chi connectivity index (χ0) is 17.7. The highest BCUT2D eigenvalue weighted by Crippen LogP contribution is 2.33. The van der Waals surface area contributed by atoms with Gasteiger partial charge in [0.2, 0.25) is 0 Å². The normalized spacial score (nSPS) is 23.6. The summed E-state index contributed by atoms with van der Waals surface area (Å²) in [4.78, 5) is 8.58. The second-order valence-electron chi connectivity index (χ2n) is 5.71. The topological polar surface area (TPSA) is 157 Å². The Kier molecular flexibility index (Phi) is 6.87. The van der Waals surface area contributed by atoms with Crippen LogP contribution in [0.25, 0.3) is 0 Å². The van der Waals surface area contributed by atoms with E-state index in [1.807, 2.05) is 0 Å². The Balaban J connectivity index is 2.14. The lowest BCUT2D eigenvalue weighted by Gasteiger charge is -2.26. The molecule has 136 valence electrons. The maximum Gasteiger partial charge on any atom is 0.191 e. The van der Waals surface area contributed by atoms with Crippen molar-refractivity contribution in [2.24, 2.45) is 5.84 Å². The Morgan fingerprint density at radius 2 is 2.08 bits per heavy atom. The number of thioether (sulfide) groups is 1. The number of aliphatic hydroxyl groups is 2. The van der Waals surface area contributed by atoms with Crippen LogP contribution in [0, 0.1) is 0 Å². The Labute approximate surface area is 145 Å². The van der Waals surface area contributed by atoms with E-state index in [2.05, 4.69) is 16.9 Å². The number of aromatic nitrogens is 2. The average molecular weight is 358 g/mol. The first kappa shape index (κ1) is 19.0. The molecule has 1 unspecified atom stereocenters. The van der Waals surface area contributed by atoms with Crippen molar-refractivity contribution >= 4 is 29.1 Å². The minimum Gasteiger partial charge on any atom is -0.394 e. The van der Waals surface area contributed by atoms with Crippen LogP contribution >= 0.6 is 11.8 Å². The highest BCUT2D eigenvalue weighted by Gasteiger charge is 2.37. The molecule has 2 rings (SSSR count). The van der Waals surface area contributed by atoms with E-state index in [9.17, 15) is 5.11 Å². The second kappa shape index (κ2) is 8.67. The van der Waals surface area contributed by atoms with Crippen molar-refractivity contribution in [2.45, 2.75) is 49.6 Å². The van der Waals surface area contributed by atoms with Crippen LogP contribution in [0.2, 0.25) is 0 Å². The lowest BCUT2D eigenvalue weighted by molar-refractivity contribution is -0.0302. The van der Waals surface area contributed by atoms with Crippen molar-refractivity contribution in [1.82, 2.24) is 9.97 Å². The number of hydrogen-bond donors (Lipinski definition) is 5. The molecule has 1 aliphatic carbocycles. The number of hydrazine groups is 1. The standard InChI is InChI=1S/C14H26N6O3S/c1-2-5-24-14-18-12(16)11(15)13(19-14)20(17)8-6-9(22)10(7-8)23-4-3-21/h8-10,21-22H,2-7,15,17H2,1H3,(H2,16,18,19)/t8-,9-,10?/m0/s1. The van der Waals surface area contributed by atoms with Crippen LogP contribution in [0.3, 0.4) is 0 Å². The molecule has 0 saturated heterocycles. The summed E-state index contributed by atoms with van der Waals surface area (Å²) in [5.74, 6) is 7.63. The molecule has 0 aliphatic heterocycles. The van der Waals surface area contributed by atoms with E-state index in [4.69, 9.17) is 27.2 Å². The molecule has 1 aliphatic rings. The Morgan fingerprint density at radius 3 is 2.75 bits per heavy atom. The van der Waals surface area contributed by atoms with Gasteiger partial charge in [-0.1, -0.05) is 18.7 Å². The number of hydrogen-bond acceptors (Lipinski definition) is 10. The smallest absolute Gasteiger partial charge is 0.191 e. The quantitative estimate of drug-likeness (QED) is 0.181. The fourth-order valence-electron chi connectivity index (χ4n) is 2.64. The Morgan fingerprint density at radius 1 is 1.33 bits per heavy atom. The molecular formula is C14H26N6O3S. The fraction of sp³-hybridized carbons (Fsp3) is 0.714. The third-order valence-corrected chi connectivity index (χ3v) is 4.93. The summed E-state index contributed by atoms with van der Waals surface area (Å²) >= 11 is 1.49. The largest absolute Gasteiger partial charge is 0.394 e. The van der Waals surface area contributed by atoms with Gasteiger partial charge in [0.05, 0.1) is 31.5 Å². The van der Waals surface area contributed by atoms with E-state index in [1.165, 1.54) is 16.8 Å². The predicted molar refractivity (Wildman–Crippen MR) is 94.4 cm³/mol. The molecule has 1 heterocycles. The summed E-state index contributed by atoms with van der Waals surface area (Å²) in [5, 5.41) is 20.9. The SMILES string of the molecule is CCCSc1nc(N)c(N)c(N(N)[C@@H]2CC(OCCO)[C@@H](O)C2)n1. The molecular weight excluding hydrogens is 332 g/mol. The van der Waals surface area contributed by atoms with Crippen LogP contribution in [-0.4, -0.2) is 57.4 Å². The molecule has 0 amide bonds. The molecule has 1 saturated carbocycles. The lowest BCUT2D eigenvalue weighted by atomic mass is 10.2. The van der Waals surface area contributed by atoms with E-state index in [0.717, 1.165) is 12.2 Å². The van der Waals surface area contributed by atoms with E-state index in [1.54, 1.807) is 0 Å². The van der Waals surface area contributed by atoms with Gasteiger partial charge in [-0.2, -0.15) is 0 Å². The molecule has 1 fully saturated rings. The van der Waals surface area contributed by atoms with Gasteiger partial charge in [0, 0.05) is 5.75 Å². The van der Waals surface area contributed by atoms with Crippen LogP contribution in [0.15, 0.2) is 5.16 Å². The summed E-state index contributed by atoms with van der Waals surface area (Å²) < 4.78 is 5.44. The molecule has 8 N–H and O–H groups in total. The van der Waals surface area contributed by atoms with Gasteiger partial charge in [0.1, 0.15) is 5.69 Å². The molecule has 3 atom stereocenters. The first-order chi connectivity index (χ1) is 11.5. The van der Waals surface area contributed by atoms with E-state index >= 15 is 0 Å². The van der Waals surface area contributed by atoms with E-state index in [-0.39, 0.29) is 36.9 Å². The summed E-state index contributed by atoms with van der Waals surface area (Å²) in [6.07, 6.45) is 0.898. The van der Waals surface area contributed by atoms with Crippen LogP contribution in [0.5, 0.6) is 0 Å². The number of nitrogen functional groups attached to an aromatic ring is 2. The number of anilines is 3. The molecule has 10 heteroatoms. The number of nitrogens with zero attached hydrogens (tertiary/aromatic N) is 3. The molecule has 9 nitrogen and oxygen atoms in total. The Bertz CT molecular complexity index is 549. The van der Waals surface area contributed by atoms with Gasteiger partial charge in [0.15, 0.2) is 16.8 Å². The first-order valence-corrected chi connectivity index (χ1v) is 8.96. The van der Waals surface area contributed by atoms with Crippen molar-refractivity contribution in [2.75, 3.05) is 35.4 Å². The average Bonchev–Trinajstić information content (AvgIpc) is 2.94. The molecule has 1 aromatic rings.